The van der Waals surface area contributed by atoms with E-state index >= 15 is 0 Å². The summed E-state index contributed by atoms with van der Waals surface area (Å²) in [6.07, 6.45) is 5.99. The summed E-state index contributed by atoms with van der Waals surface area (Å²) < 4.78 is 3.64. The molecule has 0 aliphatic heterocycles. The van der Waals surface area contributed by atoms with E-state index in [1.807, 2.05) is 56.2 Å². The van der Waals surface area contributed by atoms with Crippen LogP contribution in [0.3, 0.4) is 0 Å². The normalized spacial score (nSPS) is 14.1. The third kappa shape index (κ3) is 2.66. The lowest BCUT2D eigenvalue weighted by molar-refractivity contribution is 0.0994. The number of amides is 1. The van der Waals surface area contributed by atoms with Gasteiger partial charge in [0.2, 0.25) is 0 Å². The van der Waals surface area contributed by atoms with Crippen molar-refractivity contribution in [3.05, 3.63) is 47.9 Å². The number of benzene rings is 1. The second-order valence-electron chi connectivity index (χ2n) is 7.48. The molecule has 0 radical (unpaired) electrons. The molecule has 142 valence electrons. The molecule has 1 aromatic carbocycles. The zero-order valence-electron chi connectivity index (χ0n) is 16.3. The van der Waals surface area contributed by atoms with Crippen LogP contribution in [0, 0.1) is 0 Å². The zero-order valence-corrected chi connectivity index (χ0v) is 16.3. The van der Waals surface area contributed by atoms with E-state index in [4.69, 9.17) is 4.98 Å². The van der Waals surface area contributed by atoms with Gasteiger partial charge in [0.15, 0.2) is 5.65 Å². The number of hydrogen-bond donors (Lipinski definition) is 0. The maximum Gasteiger partial charge on any atom is 0.258 e. The van der Waals surface area contributed by atoms with Gasteiger partial charge in [0.1, 0.15) is 0 Å². The minimum Gasteiger partial charge on any atom is -0.311 e. The van der Waals surface area contributed by atoms with E-state index < -0.39 is 0 Å². The van der Waals surface area contributed by atoms with Crippen LogP contribution in [0.15, 0.2) is 36.7 Å². The van der Waals surface area contributed by atoms with Gasteiger partial charge < -0.3 is 4.90 Å². The second kappa shape index (κ2) is 6.15. The number of hydrogen-bond acceptors (Lipinski definition) is 4. The van der Waals surface area contributed by atoms with Gasteiger partial charge in [-0.3, -0.25) is 9.48 Å². The van der Waals surface area contributed by atoms with Gasteiger partial charge in [-0.05, 0) is 44.0 Å². The molecule has 1 amide bonds. The van der Waals surface area contributed by atoms with Crippen molar-refractivity contribution in [2.45, 2.75) is 32.2 Å². The Morgan fingerprint density at radius 1 is 1.29 bits per heavy atom. The molecule has 1 fully saturated rings. The number of anilines is 1. The Balaban J connectivity index is 1.59. The van der Waals surface area contributed by atoms with Gasteiger partial charge in [0, 0.05) is 49.5 Å². The van der Waals surface area contributed by atoms with Gasteiger partial charge in [-0.25, -0.2) is 9.67 Å². The molecule has 3 aromatic heterocycles. The van der Waals surface area contributed by atoms with Gasteiger partial charge >= 0.3 is 0 Å². The van der Waals surface area contributed by atoms with Gasteiger partial charge in [-0.2, -0.15) is 10.2 Å². The quantitative estimate of drug-likeness (QED) is 0.548. The molecule has 28 heavy (non-hydrogen) atoms. The SMILES string of the molecule is CCn1ncc2c(C(=O)N(C)c3ccc4nn(C)cc4c3)cc(C3CC3)nc21. The molecule has 1 aliphatic carbocycles. The summed E-state index contributed by atoms with van der Waals surface area (Å²) in [6.45, 7) is 2.76. The highest BCUT2D eigenvalue weighted by molar-refractivity contribution is 6.13. The topological polar surface area (TPSA) is 68.8 Å². The Hall–Kier alpha value is -3.22. The van der Waals surface area contributed by atoms with Crippen LogP contribution < -0.4 is 4.90 Å². The van der Waals surface area contributed by atoms with E-state index in [1.165, 1.54) is 0 Å². The number of nitrogens with zero attached hydrogens (tertiary/aromatic N) is 6. The maximum atomic E-state index is 13.4. The van der Waals surface area contributed by atoms with Crippen molar-refractivity contribution in [1.29, 1.82) is 0 Å². The molecule has 3 heterocycles. The summed E-state index contributed by atoms with van der Waals surface area (Å²) in [4.78, 5) is 19.9. The monoisotopic (exact) mass is 374 g/mol. The summed E-state index contributed by atoms with van der Waals surface area (Å²) in [7, 11) is 3.71. The smallest absolute Gasteiger partial charge is 0.258 e. The van der Waals surface area contributed by atoms with E-state index in [9.17, 15) is 4.79 Å². The molecule has 1 aliphatic rings. The molecule has 5 rings (SSSR count). The van der Waals surface area contributed by atoms with Crippen molar-refractivity contribution in [2.24, 2.45) is 7.05 Å². The predicted molar refractivity (Wildman–Crippen MR) is 109 cm³/mol. The van der Waals surface area contributed by atoms with Crippen LogP contribution >= 0.6 is 0 Å². The van der Waals surface area contributed by atoms with E-state index in [0.29, 0.717) is 11.5 Å². The lowest BCUT2D eigenvalue weighted by Gasteiger charge is -2.18. The fourth-order valence-electron chi connectivity index (χ4n) is 3.71. The third-order valence-corrected chi connectivity index (χ3v) is 5.45. The lowest BCUT2D eigenvalue weighted by Crippen LogP contribution is -2.26. The Morgan fingerprint density at radius 2 is 2.11 bits per heavy atom. The van der Waals surface area contributed by atoms with Crippen molar-refractivity contribution in [3.8, 4) is 0 Å². The number of fused-ring (bicyclic) bond motifs is 2. The van der Waals surface area contributed by atoms with Crippen LogP contribution in [0.25, 0.3) is 21.9 Å². The highest BCUT2D eigenvalue weighted by Crippen LogP contribution is 2.40. The first kappa shape index (κ1) is 16.9. The largest absolute Gasteiger partial charge is 0.311 e. The molecule has 0 saturated heterocycles. The first-order valence-electron chi connectivity index (χ1n) is 9.63. The number of rotatable bonds is 4. The van der Waals surface area contributed by atoms with Crippen LogP contribution in [0.4, 0.5) is 5.69 Å². The molecule has 4 aromatic rings. The molecule has 0 spiro atoms. The van der Waals surface area contributed by atoms with Crippen LogP contribution in [0.2, 0.25) is 0 Å². The Morgan fingerprint density at radius 3 is 2.86 bits per heavy atom. The molecule has 1 saturated carbocycles. The Kier molecular flexibility index (Phi) is 3.72. The molecule has 7 heteroatoms. The molecule has 0 N–H and O–H groups in total. The standard InChI is InChI=1S/C21H22N6O/c1-4-27-20-17(11-22-27)16(10-19(23-20)13-5-6-13)21(28)26(3)15-7-8-18-14(9-15)12-25(2)24-18/h7-13H,4-6H2,1-3H3. The fraction of sp³-hybridized carbons (Fsp3) is 0.333. The van der Waals surface area contributed by atoms with Gasteiger partial charge in [-0.15, -0.1) is 0 Å². The molecular weight excluding hydrogens is 352 g/mol. The number of carbonyl (C=O) groups excluding carboxylic acids is 1. The van der Waals surface area contributed by atoms with Crippen molar-refractivity contribution in [2.75, 3.05) is 11.9 Å². The third-order valence-electron chi connectivity index (χ3n) is 5.45. The van der Waals surface area contributed by atoms with Crippen LogP contribution in [0.5, 0.6) is 0 Å². The van der Waals surface area contributed by atoms with Crippen molar-refractivity contribution in [1.82, 2.24) is 24.5 Å². The van der Waals surface area contributed by atoms with Crippen molar-refractivity contribution >= 4 is 33.5 Å². The molecule has 0 unspecified atom stereocenters. The summed E-state index contributed by atoms with van der Waals surface area (Å²) in [6, 6.07) is 7.84. The Labute approximate surface area is 162 Å². The summed E-state index contributed by atoms with van der Waals surface area (Å²) in [5, 5.41) is 10.6. The number of aromatic nitrogens is 5. The summed E-state index contributed by atoms with van der Waals surface area (Å²) >= 11 is 0. The highest BCUT2D eigenvalue weighted by atomic mass is 16.2. The van der Waals surface area contributed by atoms with Crippen molar-refractivity contribution in [3.63, 3.8) is 0 Å². The zero-order chi connectivity index (χ0) is 19.4. The van der Waals surface area contributed by atoms with Gasteiger partial charge in [-0.1, -0.05) is 0 Å². The molecular formula is C21H22N6O. The van der Waals surface area contributed by atoms with E-state index in [-0.39, 0.29) is 5.91 Å². The minimum absolute atomic E-state index is 0.0480. The average molecular weight is 374 g/mol. The number of aryl methyl sites for hydroxylation is 2. The van der Waals surface area contributed by atoms with E-state index in [1.54, 1.807) is 15.8 Å². The molecule has 0 bridgehead atoms. The van der Waals surface area contributed by atoms with Gasteiger partial charge in [0.05, 0.1) is 22.7 Å². The van der Waals surface area contributed by atoms with E-state index in [2.05, 4.69) is 10.2 Å². The highest BCUT2D eigenvalue weighted by Gasteiger charge is 2.28. The van der Waals surface area contributed by atoms with Gasteiger partial charge in [0.25, 0.3) is 5.91 Å². The Bertz CT molecular complexity index is 1220. The minimum atomic E-state index is -0.0480. The van der Waals surface area contributed by atoms with E-state index in [0.717, 1.165) is 52.7 Å². The maximum absolute atomic E-state index is 13.4. The predicted octanol–water partition coefficient (Wildman–Crippen LogP) is 3.49. The van der Waals surface area contributed by atoms with Crippen LogP contribution in [0.1, 0.15) is 41.7 Å². The summed E-state index contributed by atoms with van der Waals surface area (Å²) in [5.74, 6) is 0.418. The van der Waals surface area contributed by atoms with Crippen molar-refractivity contribution < 1.29 is 4.79 Å². The van der Waals surface area contributed by atoms with Crippen LogP contribution in [-0.2, 0) is 13.6 Å². The summed E-state index contributed by atoms with van der Waals surface area (Å²) in [5.41, 5.74) is 4.22. The number of pyridine rings is 1. The number of carbonyl (C=O) groups is 1. The average Bonchev–Trinajstić information content (AvgIpc) is 3.36. The molecule has 7 nitrogen and oxygen atoms in total. The molecule has 0 atom stereocenters. The lowest BCUT2D eigenvalue weighted by atomic mass is 10.1. The fourth-order valence-corrected chi connectivity index (χ4v) is 3.71. The first-order chi connectivity index (χ1) is 13.5. The van der Waals surface area contributed by atoms with Crippen LogP contribution in [-0.4, -0.2) is 37.5 Å². The second-order valence-corrected chi connectivity index (χ2v) is 7.48. The first-order valence-corrected chi connectivity index (χ1v) is 9.63.